The molecule has 0 heterocycles. The maximum absolute atomic E-state index is 13.2. The van der Waals surface area contributed by atoms with Crippen molar-refractivity contribution >= 4 is 27.7 Å². The van der Waals surface area contributed by atoms with Crippen molar-refractivity contribution in [3.63, 3.8) is 0 Å². The fraction of sp³-hybridized carbons (Fsp3) is 0.143. The van der Waals surface area contributed by atoms with Gasteiger partial charge in [0.05, 0.1) is 0 Å². The average Bonchev–Trinajstić information content (AvgIpc) is 2.41. The smallest absolute Gasteiger partial charge is 0.159 e. The molecule has 1 atom stereocenters. The van der Waals surface area contributed by atoms with Crippen LogP contribution in [0.2, 0.25) is 0 Å². The largest absolute Gasteiger partial charge is 0.329 e. The lowest BCUT2D eigenvalue weighted by Crippen LogP contribution is -2.09. The maximum Gasteiger partial charge on any atom is 0.159 e. The molecule has 2 aromatic carbocycles. The van der Waals surface area contributed by atoms with Crippen LogP contribution in [0.5, 0.6) is 0 Å². The van der Waals surface area contributed by atoms with Crippen molar-refractivity contribution in [3.8, 4) is 0 Å². The lowest BCUT2D eigenvalue weighted by atomic mass is 10.1. The van der Waals surface area contributed by atoms with Crippen molar-refractivity contribution in [1.29, 1.82) is 0 Å². The topological polar surface area (TPSA) is 26.0 Å². The van der Waals surface area contributed by atoms with Crippen LogP contribution in [-0.4, -0.2) is 6.54 Å². The Morgan fingerprint density at radius 1 is 1.11 bits per heavy atom. The highest BCUT2D eigenvalue weighted by atomic mass is 79.9. The van der Waals surface area contributed by atoms with Gasteiger partial charge in [-0.2, -0.15) is 0 Å². The van der Waals surface area contributed by atoms with Gasteiger partial charge >= 0.3 is 0 Å². The number of hydrogen-bond donors (Lipinski definition) is 1. The van der Waals surface area contributed by atoms with Crippen LogP contribution in [0.1, 0.15) is 10.8 Å². The van der Waals surface area contributed by atoms with Gasteiger partial charge in [-0.3, -0.25) is 0 Å². The Morgan fingerprint density at radius 2 is 1.84 bits per heavy atom. The lowest BCUT2D eigenvalue weighted by molar-refractivity contribution is 0.506. The zero-order valence-electron chi connectivity index (χ0n) is 9.95. The maximum atomic E-state index is 13.2. The number of halogens is 3. The molecule has 19 heavy (non-hydrogen) atoms. The Hall–Kier alpha value is -0.910. The lowest BCUT2D eigenvalue weighted by Gasteiger charge is -2.16. The number of benzene rings is 2. The van der Waals surface area contributed by atoms with Gasteiger partial charge in [-0.25, -0.2) is 8.78 Å². The fourth-order valence-corrected chi connectivity index (χ4v) is 3.48. The van der Waals surface area contributed by atoms with Crippen molar-refractivity contribution < 1.29 is 8.78 Å². The molecule has 1 nitrogen and oxygen atoms in total. The molecule has 0 spiro atoms. The van der Waals surface area contributed by atoms with Crippen LogP contribution in [0.4, 0.5) is 8.78 Å². The van der Waals surface area contributed by atoms with Crippen molar-refractivity contribution in [2.24, 2.45) is 5.73 Å². The highest BCUT2D eigenvalue weighted by molar-refractivity contribution is 9.10. The molecule has 0 amide bonds. The van der Waals surface area contributed by atoms with Gasteiger partial charge in [0.2, 0.25) is 0 Å². The first-order valence-corrected chi connectivity index (χ1v) is 7.35. The second-order valence-corrected chi connectivity index (χ2v) is 6.07. The Labute approximate surface area is 123 Å². The van der Waals surface area contributed by atoms with Crippen LogP contribution in [-0.2, 0) is 0 Å². The summed E-state index contributed by atoms with van der Waals surface area (Å²) in [5.74, 6) is -1.68. The second kappa shape index (κ2) is 6.50. The van der Waals surface area contributed by atoms with Crippen molar-refractivity contribution in [3.05, 3.63) is 64.1 Å². The molecule has 100 valence electrons. The minimum Gasteiger partial charge on any atom is -0.329 e. The van der Waals surface area contributed by atoms with E-state index in [9.17, 15) is 8.78 Å². The Bertz CT molecular complexity index is 577. The van der Waals surface area contributed by atoms with Gasteiger partial charge < -0.3 is 5.73 Å². The minimum absolute atomic E-state index is 0.0135. The van der Waals surface area contributed by atoms with E-state index in [1.165, 1.54) is 17.8 Å². The summed E-state index contributed by atoms with van der Waals surface area (Å²) in [7, 11) is 0. The fourth-order valence-electron chi connectivity index (χ4n) is 1.69. The molecule has 2 rings (SSSR count). The predicted molar refractivity (Wildman–Crippen MR) is 78.2 cm³/mol. The Kier molecular flexibility index (Phi) is 4.96. The molecule has 0 fully saturated rings. The van der Waals surface area contributed by atoms with Crippen molar-refractivity contribution in [2.45, 2.75) is 10.1 Å². The molecule has 5 heteroatoms. The molecule has 0 radical (unpaired) electrons. The van der Waals surface area contributed by atoms with Gasteiger partial charge in [-0.15, -0.1) is 11.8 Å². The second-order valence-electron chi connectivity index (χ2n) is 3.94. The summed E-state index contributed by atoms with van der Waals surface area (Å²) in [6.07, 6.45) is 0. The number of thioether (sulfide) groups is 1. The van der Waals surface area contributed by atoms with E-state index < -0.39 is 11.6 Å². The van der Waals surface area contributed by atoms with Crippen LogP contribution >= 0.6 is 27.7 Å². The molecule has 0 aliphatic rings. The molecule has 2 N–H and O–H groups in total. The van der Waals surface area contributed by atoms with Crippen molar-refractivity contribution in [1.82, 2.24) is 0 Å². The van der Waals surface area contributed by atoms with Gasteiger partial charge in [-0.05, 0) is 29.8 Å². The minimum atomic E-state index is -0.840. The van der Waals surface area contributed by atoms with Gasteiger partial charge in [0, 0.05) is 21.2 Å². The normalized spacial score (nSPS) is 12.4. The monoisotopic (exact) mass is 343 g/mol. The molecule has 0 bridgehead atoms. The summed E-state index contributed by atoms with van der Waals surface area (Å²) in [6, 6.07) is 11.6. The van der Waals surface area contributed by atoms with E-state index in [0.29, 0.717) is 11.4 Å². The van der Waals surface area contributed by atoms with Crippen LogP contribution in [0.15, 0.2) is 51.8 Å². The van der Waals surface area contributed by atoms with Gasteiger partial charge in [0.1, 0.15) is 0 Å². The number of nitrogens with two attached hydrogens (primary N) is 1. The highest BCUT2D eigenvalue weighted by Gasteiger charge is 2.15. The first-order chi connectivity index (χ1) is 9.11. The van der Waals surface area contributed by atoms with Gasteiger partial charge in [-0.1, -0.05) is 34.1 Å². The van der Waals surface area contributed by atoms with E-state index in [1.807, 2.05) is 24.3 Å². The SMILES string of the molecule is NCC(Sc1ccc(F)c(F)c1)c1ccccc1Br. The van der Waals surface area contributed by atoms with E-state index in [1.54, 1.807) is 6.07 Å². The Morgan fingerprint density at radius 3 is 2.47 bits per heavy atom. The standard InChI is InChI=1S/C14H12BrF2NS/c15-11-4-2-1-3-10(11)14(8-18)19-9-5-6-12(16)13(17)7-9/h1-7,14H,8,18H2. The van der Waals surface area contributed by atoms with E-state index in [0.717, 1.165) is 16.1 Å². The molecule has 2 aromatic rings. The number of rotatable bonds is 4. The summed E-state index contributed by atoms with van der Waals surface area (Å²) in [6.45, 7) is 0.409. The number of hydrogen-bond acceptors (Lipinski definition) is 2. The molecule has 0 saturated heterocycles. The molecule has 1 unspecified atom stereocenters. The summed E-state index contributed by atoms with van der Waals surface area (Å²) in [5.41, 5.74) is 6.82. The molecule has 0 aliphatic carbocycles. The average molecular weight is 344 g/mol. The third-order valence-electron chi connectivity index (χ3n) is 2.64. The van der Waals surface area contributed by atoms with Crippen LogP contribution in [0.3, 0.4) is 0 Å². The highest BCUT2D eigenvalue weighted by Crippen LogP contribution is 2.37. The molecular formula is C14H12BrF2NS. The predicted octanol–water partition coefficient (Wildman–Crippen LogP) is 4.52. The first-order valence-electron chi connectivity index (χ1n) is 5.68. The van der Waals surface area contributed by atoms with Gasteiger partial charge in [0.25, 0.3) is 0 Å². The molecule has 0 aromatic heterocycles. The van der Waals surface area contributed by atoms with E-state index in [2.05, 4.69) is 15.9 Å². The molecule has 0 aliphatic heterocycles. The van der Waals surface area contributed by atoms with Crippen LogP contribution in [0, 0.1) is 11.6 Å². The summed E-state index contributed by atoms with van der Waals surface area (Å²) >= 11 is 4.89. The third kappa shape index (κ3) is 3.55. The van der Waals surface area contributed by atoms with E-state index in [-0.39, 0.29) is 5.25 Å². The summed E-state index contributed by atoms with van der Waals surface area (Å²) in [5, 5.41) is -0.0135. The molecular weight excluding hydrogens is 332 g/mol. The quantitative estimate of drug-likeness (QED) is 0.826. The van der Waals surface area contributed by atoms with Crippen LogP contribution < -0.4 is 5.73 Å². The van der Waals surface area contributed by atoms with Crippen molar-refractivity contribution in [2.75, 3.05) is 6.54 Å². The van der Waals surface area contributed by atoms with Crippen LogP contribution in [0.25, 0.3) is 0 Å². The zero-order chi connectivity index (χ0) is 13.8. The zero-order valence-corrected chi connectivity index (χ0v) is 12.3. The molecule has 0 saturated carbocycles. The first kappa shape index (κ1) is 14.5. The van der Waals surface area contributed by atoms with E-state index >= 15 is 0 Å². The van der Waals surface area contributed by atoms with Gasteiger partial charge in [0.15, 0.2) is 11.6 Å². The third-order valence-corrected chi connectivity index (χ3v) is 4.61. The van der Waals surface area contributed by atoms with E-state index in [4.69, 9.17) is 5.73 Å². The Balaban J connectivity index is 2.24. The summed E-state index contributed by atoms with van der Waals surface area (Å²) in [4.78, 5) is 0.658. The summed E-state index contributed by atoms with van der Waals surface area (Å²) < 4.78 is 27.0.